The van der Waals surface area contributed by atoms with Crippen LogP contribution in [0.4, 0.5) is 10.8 Å². The van der Waals surface area contributed by atoms with Gasteiger partial charge < -0.3 is 15.0 Å². The van der Waals surface area contributed by atoms with Crippen LogP contribution in [0.5, 0.6) is 5.75 Å². The molecule has 6 heteroatoms. The van der Waals surface area contributed by atoms with E-state index in [-0.39, 0.29) is 12.5 Å². The summed E-state index contributed by atoms with van der Waals surface area (Å²) in [6, 6.07) is 15.4. The average molecular weight is 341 g/mol. The number of benzene rings is 2. The predicted molar refractivity (Wildman–Crippen MR) is 99.1 cm³/mol. The highest BCUT2D eigenvalue weighted by atomic mass is 32.1. The molecule has 0 aliphatic heterocycles. The van der Waals surface area contributed by atoms with Crippen LogP contribution in [0, 0.1) is 0 Å². The Bertz CT molecular complexity index is 814. The summed E-state index contributed by atoms with van der Waals surface area (Å²) in [6.45, 7) is 2.97. The summed E-state index contributed by atoms with van der Waals surface area (Å²) in [6.07, 6.45) is 0. The van der Waals surface area contributed by atoms with Gasteiger partial charge in [0, 0.05) is 6.54 Å². The molecule has 2 aromatic carbocycles. The molecule has 0 saturated carbocycles. The Balaban J connectivity index is 1.73. The standard InChI is InChI=1S/C18H19N3O2S/c1-3-21(18-20-14-9-5-7-11-16(14)24-18)12-17(22)19-13-8-4-6-10-15(13)23-2/h4-11H,3,12H2,1-2H3,(H,19,22). The second-order valence-electron chi connectivity index (χ2n) is 5.23. The molecule has 0 fully saturated rings. The SMILES string of the molecule is CCN(CC(=O)Nc1ccccc1OC)c1nc2ccccc2s1. The Morgan fingerprint density at radius 1 is 1.21 bits per heavy atom. The number of fused-ring (bicyclic) bond motifs is 1. The topological polar surface area (TPSA) is 54.5 Å². The van der Waals surface area contributed by atoms with Crippen molar-refractivity contribution in [2.75, 3.05) is 30.4 Å². The van der Waals surface area contributed by atoms with Crippen LogP contribution in [-0.4, -0.2) is 31.1 Å². The van der Waals surface area contributed by atoms with E-state index in [1.165, 1.54) is 0 Å². The molecule has 1 amide bonds. The molecule has 0 atom stereocenters. The van der Waals surface area contributed by atoms with Gasteiger partial charge in [-0.15, -0.1) is 0 Å². The van der Waals surface area contributed by atoms with E-state index in [1.807, 2.05) is 60.4 Å². The monoisotopic (exact) mass is 341 g/mol. The zero-order valence-electron chi connectivity index (χ0n) is 13.7. The number of thiazole rings is 1. The van der Waals surface area contributed by atoms with Crippen molar-refractivity contribution in [1.29, 1.82) is 0 Å². The molecule has 3 rings (SSSR count). The maximum atomic E-state index is 12.4. The van der Waals surface area contributed by atoms with Crippen molar-refractivity contribution in [2.45, 2.75) is 6.92 Å². The highest BCUT2D eigenvalue weighted by molar-refractivity contribution is 7.22. The molecule has 0 aliphatic carbocycles. The largest absolute Gasteiger partial charge is 0.495 e. The lowest BCUT2D eigenvalue weighted by molar-refractivity contribution is -0.115. The third-order valence-electron chi connectivity index (χ3n) is 3.65. The molecular weight excluding hydrogens is 322 g/mol. The molecule has 1 heterocycles. The molecule has 0 spiro atoms. The summed E-state index contributed by atoms with van der Waals surface area (Å²) in [5.74, 6) is 0.550. The minimum Gasteiger partial charge on any atom is -0.495 e. The lowest BCUT2D eigenvalue weighted by atomic mass is 10.3. The number of nitrogens with one attached hydrogen (secondary N) is 1. The summed E-state index contributed by atoms with van der Waals surface area (Å²) >= 11 is 1.60. The van der Waals surface area contributed by atoms with E-state index in [4.69, 9.17) is 4.74 Å². The molecule has 24 heavy (non-hydrogen) atoms. The van der Waals surface area contributed by atoms with Crippen LogP contribution < -0.4 is 15.0 Å². The fraction of sp³-hybridized carbons (Fsp3) is 0.222. The van der Waals surface area contributed by atoms with Crippen molar-refractivity contribution in [2.24, 2.45) is 0 Å². The van der Waals surface area contributed by atoms with Gasteiger partial charge in [0.25, 0.3) is 0 Å². The van der Waals surface area contributed by atoms with Gasteiger partial charge in [-0.05, 0) is 31.2 Å². The number of carbonyl (C=O) groups is 1. The van der Waals surface area contributed by atoms with Crippen LogP contribution in [0.15, 0.2) is 48.5 Å². The number of para-hydroxylation sites is 3. The third-order valence-corrected chi connectivity index (χ3v) is 4.75. The van der Waals surface area contributed by atoms with E-state index in [1.54, 1.807) is 18.4 Å². The van der Waals surface area contributed by atoms with Crippen molar-refractivity contribution in [3.05, 3.63) is 48.5 Å². The number of hydrogen-bond acceptors (Lipinski definition) is 5. The van der Waals surface area contributed by atoms with Gasteiger partial charge in [0.05, 0.1) is 29.6 Å². The number of methoxy groups -OCH3 is 1. The Labute approximate surface area is 144 Å². The molecule has 0 radical (unpaired) electrons. The predicted octanol–water partition coefficient (Wildman–Crippen LogP) is 3.77. The van der Waals surface area contributed by atoms with Crippen LogP contribution in [0.1, 0.15) is 6.92 Å². The highest BCUT2D eigenvalue weighted by Crippen LogP contribution is 2.28. The van der Waals surface area contributed by atoms with Crippen LogP contribution in [0.25, 0.3) is 10.2 Å². The van der Waals surface area contributed by atoms with Crippen molar-refractivity contribution in [3.63, 3.8) is 0 Å². The number of hydrogen-bond donors (Lipinski definition) is 1. The van der Waals surface area contributed by atoms with Crippen LogP contribution in [0.3, 0.4) is 0 Å². The summed E-state index contributed by atoms with van der Waals surface area (Å²) < 4.78 is 6.38. The van der Waals surface area contributed by atoms with Gasteiger partial charge in [-0.25, -0.2) is 4.98 Å². The first-order chi connectivity index (χ1) is 11.7. The van der Waals surface area contributed by atoms with Gasteiger partial charge in [0.1, 0.15) is 5.75 Å². The normalized spacial score (nSPS) is 10.6. The van der Waals surface area contributed by atoms with Crippen molar-refractivity contribution in [3.8, 4) is 5.75 Å². The van der Waals surface area contributed by atoms with Gasteiger partial charge in [0.2, 0.25) is 5.91 Å². The van der Waals surface area contributed by atoms with Gasteiger partial charge in [-0.2, -0.15) is 0 Å². The fourth-order valence-corrected chi connectivity index (χ4v) is 3.45. The third kappa shape index (κ3) is 3.49. The maximum Gasteiger partial charge on any atom is 0.244 e. The highest BCUT2D eigenvalue weighted by Gasteiger charge is 2.15. The fourth-order valence-electron chi connectivity index (χ4n) is 2.42. The van der Waals surface area contributed by atoms with E-state index in [2.05, 4.69) is 10.3 Å². The average Bonchev–Trinajstić information content (AvgIpc) is 3.04. The quantitative estimate of drug-likeness (QED) is 0.741. The maximum absolute atomic E-state index is 12.4. The number of likely N-dealkylation sites (N-methyl/N-ethyl adjacent to an activating group) is 1. The van der Waals surface area contributed by atoms with E-state index in [0.29, 0.717) is 18.0 Å². The lowest BCUT2D eigenvalue weighted by Crippen LogP contribution is -2.33. The molecule has 5 nitrogen and oxygen atoms in total. The molecule has 0 saturated heterocycles. The van der Waals surface area contributed by atoms with Crippen LogP contribution in [0.2, 0.25) is 0 Å². The lowest BCUT2D eigenvalue weighted by Gasteiger charge is -2.19. The zero-order chi connectivity index (χ0) is 16.9. The molecular formula is C18H19N3O2S. The van der Waals surface area contributed by atoms with Crippen LogP contribution >= 0.6 is 11.3 Å². The Morgan fingerprint density at radius 3 is 2.71 bits per heavy atom. The molecule has 124 valence electrons. The van der Waals surface area contributed by atoms with Gasteiger partial charge >= 0.3 is 0 Å². The van der Waals surface area contributed by atoms with E-state index < -0.39 is 0 Å². The van der Waals surface area contributed by atoms with E-state index in [0.717, 1.165) is 15.3 Å². The minimum absolute atomic E-state index is 0.0967. The number of anilines is 2. The first-order valence-corrected chi connectivity index (χ1v) is 8.56. The van der Waals surface area contributed by atoms with E-state index in [9.17, 15) is 4.79 Å². The summed E-state index contributed by atoms with van der Waals surface area (Å²) in [5, 5.41) is 3.76. The second kappa shape index (κ2) is 7.31. The smallest absolute Gasteiger partial charge is 0.244 e. The molecule has 0 bridgehead atoms. The molecule has 0 aliphatic rings. The van der Waals surface area contributed by atoms with Crippen molar-refractivity contribution in [1.82, 2.24) is 4.98 Å². The molecule has 1 N–H and O–H groups in total. The number of carbonyl (C=O) groups excluding carboxylic acids is 1. The van der Waals surface area contributed by atoms with E-state index >= 15 is 0 Å². The summed E-state index contributed by atoms with van der Waals surface area (Å²) in [5.41, 5.74) is 1.63. The minimum atomic E-state index is -0.0967. The molecule has 0 unspecified atom stereocenters. The number of ether oxygens (including phenoxy) is 1. The number of rotatable bonds is 6. The Hall–Kier alpha value is -2.60. The number of amides is 1. The van der Waals surface area contributed by atoms with Crippen molar-refractivity contribution >= 4 is 38.3 Å². The summed E-state index contributed by atoms with van der Waals surface area (Å²) in [7, 11) is 1.59. The van der Waals surface area contributed by atoms with Gasteiger partial charge in [0.15, 0.2) is 5.13 Å². The number of aromatic nitrogens is 1. The Kier molecular flexibility index (Phi) is 4.96. The number of nitrogens with zero attached hydrogens (tertiary/aromatic N) is 2. The summed E-state index contributed by atoms with van der Waals surface area (Å²) in [4.78, 5) is 19.0. The van der Waals surface area contributed by atoms with Crippen LogP contribution in [-0.2, 0) is 4.79 Å². The first-order valence-electron chi connectivity index (χ1n) is 7.74. The molecule has 3 aromatic rings. The first kappa shape index (κ1) is 16.3. The van der Waals surface area contributed by atoms with Gasteiger partial charge in [-0.1, -0.05) is 35.6 Å². The zero-order valence-corrected chi connectivity index (χ0v) is 14.5. The van der Waals surface area contributed by atoms with Crippen molar-refractivity contribution < 1.29 is 9.53 Å². The second-order valence-corrected chi connectivity index (χ2v) is 6.24. The molecule has 1 aromatic heterocycles. The van der Waals surface area contributed by atoms with Gasteiger partial charge in [-0.3, -0.25) is 4.79 Å². The Morgan fingerprint density at radius 2 is 1.96 bits per heavy atom.